The van der Waals surface area contributed by atoms with Crippen molar-refractivity contribution in [2.45, 2.75) is 19.4 Å². The third kappa shape index (κ3) is 4.29. The fourth-order valence-electron chi connectivity index (χ4n) is 1.85. The summed E-state index contributed by atoms with van der Waals surface area (Å²) in [6, 6.07) is 13.0. The van der Waals surface area contributed by atoms with Gasteiger partial charge in [0.2, 0.25) is 0 Å². The van der Waals surface area contributed by atoms with Crippen LogP contribution in [0.4, 0.5) is 11.4 Å². The monoisotopic (exact) mass is 378 g/mol. The van der Waals surface area contributed by atoms with Crippen molar-refractivity contribution in [1.82, 2.24) is 0 Å². The standard InChI is InChI=1S/C16H15BrN2O4/c1-16(2,23-12-9-7-11(17)8-10-12)15(20)18-13-5-3-4-6-14(13)19(21)22/h3-10H,1-2H3,(H,18,20). The molecular formula is C16H15BrN2O4. The lowest BCUT2D eigenvalue weighted by Gasteiger charge is -2.25. The maximum atomic E-state index is 12.4. The van der Waals surface area contributed by atoms with Crippen LogP contribution in [0.1, 0.15) is 13.8 Å². The molecule has 0 saturated heterocycles. The zero-order valence-electron chi connectivity index (χ0n) is 12.6. The topological polar surface area (TPSA) is 81.5 Å². The highest BCUT2D eigenvalue weighted by Crippen LogP contribution is 2.26. The normalized spacial score (nSPS) is 10.9. The Morgan fingerprint density at radius 3 is 2.39 bits per heavy atom. The molecule has 1 amide bonds. The summed E-state index contributed by atoms with van der Waals surface area (Å²) >= 11 is 3.32. The van der Waals surface area contributed by atoms with Gasteiger partial charge in [-0.25, -0.2) is 0 Å². The Morgan fingerprint density at radius 1 is 1.17 bits per heavy atom. The first-order chi connectivity index (χ1) is 10.8. The highest BCUT2D eigenvalue weighted by Gasteiger charge is 2.31. The van der Waals surface area contributed by atoms with E-state index < -0.39 is 16.4 Å². The van der Waals surface area contributed by atoms with Crippen LogP contribution < -0.4 is 10.1 Å². The summed E-state index contributed by atoms with van der Waals surface area (Å²) in [5.41, 5.74) is -1.23. The van der Waals surface area contributed by atoms with E-state index in [1.54, 1.807) is 44.2 Å². The largest absolute Gasteiger partial charge is 0.478 e. The molecule has 0 aliphatic heterocycles. The van der Waals surface area contributed by atoms with Crippen LogP contribution in [0.2, 0.25) is 0 Å². The molecule has 0 unspecified atom stereocenters. The molecule has 0 aromatic heterocycles. The van der Waals surface area contributed by atoms with Crippen LogP contribution in [0.5, 0.6) is 5.75 Å². The first-order valence-corrected chi connectivity index (χ1v) is 7.58. The molecule has 0 fully saturated rings. The van der Waals surface area contributed by atoms with Crippen LogP contribution >= 0.6 is 15.9 Å². The molecule has 0 spiro atoms. The van der Waals surface area contributed by atoms with Gasteiger partial charge in [0.1, 0.15) is 11.4 Å². The Labute approximate surface area is 141 Å². The van der Waals surface area contributed by atoms with Gasteiger partial charge in [0, 0.05) is 10.5 Å². The van der Waals surface area contributed by atoms with Gasteiger partial charge < -0.3 is 10.1 Å². The van der Waals surface area contributed by atoms with Gasteiger partial charge in [-0.1, -0.05) is 28.1 Å². The second-order valence-corrected chi connectivity index (χ2v) is 6.21. The number of amides is 1. The Bertz CT molecular complexity index is 729. The number of hydrogen-bond acceptors (Lipinski definition) is 4. The van der Waals surface area contributed by atoms with E-state index in [4.69, 9.17) is 4.74 Å². The molecule has 23 heavy (non-hydrogen) atoms. The minimum absolute atomic E-state index is 0.134. The SMILES string of the molecule is CC(C)(Oc1ccc(Br)cc1)C(=O)Nc1ccccc1[N+](=O)[O-]. The lowest BCUT2D eigenvalue weighted by molar-refractivity contribution is -0.383. The van der Waals surface area contributed by atoms with Crippen LogP contribution in [0.15, 0.2) is 53.0 Å². The third-order valence-corrected chi connectivity index (χ3v) is 3.61. The zero-order chi connectivity index (χ0) is 17.0. The summed E-state index contributed by atoms with van der Waals surface area (Å²) in [6.45, 7) is 3.19. The third-order valence-electron chi connectivity index (χ3n) is 3.08. The van der Waals surface area contributed by atoms with Crippen LogP contribution in [-0.2, 0) is 4.79 Å². The minimum Gasteiger partial charge on any atom is -0.478 e. The summed E-state index contributed by atoms with van der Waals surface area (Å²) in [5.74, 6) is 0.0469. The van der Waals surface area contributed by atoms with Crippen molar-refractivity contribution in [3.05, 3.63) is 63.1 Å². The molecule has 0 bridgehead atoms. The van der Waals surface area contributed by atoms with E-state index >= 15 is 0 Å². The molecule has 7 heteroatoms. The zero-order valence-corrected chi connectivity index (χ0v) is 14.2. The number of rotatable bonds is 5. The molecule has 0 aliphatic rings. The molecule has 0 aliphatic carbocycles. The lowest BCUT2D eigenvalue weighted by Crippen LogP contribution is -2.42. The quantitative estimate of drug-likeness (QED) is 0.625. The number of nitrogens with one attached hydrogen (secondary N) is 1. The number of nitrogens with zero attached hydrogens (tertiary/aromatic N) is 1. The Kier molecular flexibility index (Phi) is 5.00. The number of halogens is 1. The maximum Gasteiger partial charge on any atom is 0.292 e. The molecule has 0 radical (unpaired) electrons. The van der Waals surface area contributed by atoms with E-state index in [9.17, 15) is 14.9 Å². The summed E-state index contributed by atoms with van der Waals surface area (Å²) in [7, 11) is 0. The Morgan fingerprint density at radius 2 is 1.78 bits per heavy atom. The molecule has 1 N–H and O–H groups in total. The summed E-state index contributed by atoms with van der Waals surface area (Å²) in [4.78, 5) is 22.9. The van der Waals surface area contributed by atoms with E-state index in [-0.39, 0.29) is 11.4 Å². The van der Waals surface area contributed by atoms with Gasteiger partial charge in [-0.15, -0.1) is 0 Å². The van der Waals surface area contributed by atoms with Gasteiger partial charge >= 0.3 is 0 Å². The van der Waals surface area contributed by atoms with Crippen molar-refractivity contribution in [2.75, 3.05) is 5.32 Å². The first kappa shape index (κ1) is 17.0. The number of para-hydroxylation sites is 2. The molecule has 2 rings (SSSR count). The van der Waals surface area contributed by atoms with E-state index in [0.29, 0.717) is 5.75 Å². The number of nitro groups is 1. The maximum absolute atomic E-state index is 12.4. The number of anilines is 1. The lowest BCUT2D eigenvalue weighted by atomic mass is 10.1. The molecule has 120 valence electrons. The van der Waals surface area contributed by atoms with Gasteiger partial charge in [-0.05, 0) is 44.2 Å². The Hall–Kier alpha value is -2.41. The molecular weight excluding hydrogens is 364 g/mol. The van der Waals surface area contributed by atoms with Crippen molar-refractivity contribution in [3.63, 3.8) is 0 Å². The van der Waals surface area contributed by atoms with Crippen molar-refractivity contribution in [2.24, 2.45) is 0 Å². The highest BCUT2D eigenvalue weighted by molar-refractivity contribution is 9.10. The smallest absolute Gasteiger partial charge is 0.292 e. The van der Waals surface area contributed by atoms with Gasteiger partial charge in [-0.3, -0.25) is 14.9 Å². The summed E-state index contributed by atoms with van der Waals surface area (Å²) in [5, 5.41) is 13.5. The molecule has 0 saturated carbocycles. The van der Waals surface area contributed by atoms with Crippen LogP contribution in [0, 0.1) is 10.1 Å². The minimum atomic E-state index is -1.20. The Balaban J connectivity index is 2.15. The first-order valence-electron chi connectivity index (χ1n) is 6.79. The van der Waals surface area contributed by atoms with Crippen molar-refractivity contribution in [3.8, 4) is 5.75 Å². The van der Waals surface area contributed by atoms with Gasteiger partial charge in [-0.2, -0.15) is 0 Å². The van der Waals surface area contributed by atoms with Crippen LogP contribution in [0.25, 0.3) is 0 Å². The summed E-state index contributed by atoms with van der Waals surface area (Å²) in [6.07, 6.45) is 0. The number of hydrogen-bond donors (Lipinski definition) is 1. The fourth-order valence-corrected chi connectivity index (χ4v) is 2.12. The second kappa shape index (κ2) is 6.78. The van der Waals surface area contributed by atoms with Gasteiger partial charge in [0.15, 0.2) is 5.60 Å². The average Bonchev–Trinajstić information content (AvgIpc) is 2.49. The number of carbonyl (C=O) groups excluding carboxylic acids is 1. The molecule has 0 heterocycles. The van der Waals surface area contributed by atoms with E-state index in [1.165, 1.54) is 18.2 Å². The average molecular weight is 379 g/mol. The fraction of sp³-hybridized carbons (Fsp3) is 0.188. The van der Waals surface area contributed by atoms with E-state index in [1.807, 2.05) is 0 Å². The number of carbonyl (C=O) groups is 1. The second-order valence-electron chi connectivity index (χ2n) is 5.29. The van der Waals surface area contributed by atoms with Crippen LogP contribution in [0.3, 0.4) is 0 Å². The molecule has 2 aromatic carbocycles. The van der Waals surface area contributed by atoms with Crippen molar-refractivity contribution < 1.29 is 14.5 Å². The van der Waals surface area contributed by atoms with E-state index in [0.717, 1.165) is 4.47 Å². The molecule has 6 nitrogen and oxygen atoms in total. The van der Waals surface area contributed by atoms with Crippen LogP contribution in [-0.4, -0.2) is 16.4 Å². The highest BCUT2D eigenvalue weighted by atomic mass is 79.9. The predicted octanol–water partition coefficient (Wildman–Crippen LogP) is 4.15. The number of ether oxygens (including phenoxy) is 1. The number of nitro benzene ring substituents is 1. The number of benzene rings is 2. The van der Waals surface area contributed by atoms with Gasteiger partial charge in [0.05, 0.1) is 4.92 Å². The van der Waals surface area contributed by atoms with Crippen molar-refractivity contribution in [1.29, 1.82) is 0 Å². The van der Waals surface area contributed by atoms with Gasteiger partial charge in [0.25, 0.3) is 11.6 Å². The predicted molar refractivity (Wildman–Crippen MR) is 90.6 cm³/mol. The van der Waals surface area contributed by atoms with Crippen molar-refractivity contribution >= 4 is 33.2 Å². The molecule has 0 atom stereocenters. The van der Waals surface area contributed by atoms with E-state index in [2.05, 4.69) is 21.2 Å². The molecule has 2 aromatic rings. The summed E-state index contributed by atoms with van der Waals surface area (Å²) < 4.78 is 6.58.